The summed E-state index contributed by atoms with van der Waals surface area (Å²) in [4.78, 5) is 4.13. The number of thiophene rings is 1. The van der Waals surface area contributed by atoms with Crippen LogP contribution in [0.5, 0.6) is 0 Å². The Kier molecular flexibility index (Phi) is 7.24. The first-order chi connectivity index (χ1) is 11.9. The van der Waals surface area contributed by atoms with Crippen LogP contribution in [0.15, 0.2) is 45.6 Å². The molecule has 2 rings (SSSR count). The third-order valence-electron chi connectivity index (χ3n) is 3.45. The molecule has 0 aliphatic heterocycles. The van der Waals surface area contributed by atoms with Crippen LogP contribution in [0.3, 0.4) is 0 Å². The Morgan fingerprint density at radius 1 is 1.16 bits per heavy atom. The maximum Gasteiger partial charge on any atom is 0.250 e. The second-order valence-corrected chi connectivity index (χ2v) is 8.94. The van der Waals surface area contributed by atoms with Gasteiger partial charge in [-0.15, -0.1) is 11.3 Å². The summed E-state index contributed by atoms with van der Waals surface area (Å²) in [7, 11) is -1.85. The molecule has 0 fully saturated rings. The predicted octanol–water partition coefficient (Wildman–Crippen LogP) is 2.35. The molecule has 0 saturated carbocycles. The van der Waals surface area contributed by atoms with Gasteiger partial charge in [0.2, 0.25) is 10.0 Å². The average molecular weight is 401 g/mol. The monoisotopic (exact) mass is 400 g/mol. The third kappa shape index (κ3) is 6.00. The van der Waals surface area contributed by atoms with Crippen molar-refractivity contribution in [2.45, 2.75) is 17.7 Å². The number of hydrogen-bond acceptors (Lipinski definition) is 4. The Labute approximate surface area is 157 Å². The molecule has 1 heterocycles. The summed E-state index contributed by atoms with van der Waals surface area (Å²) in [5.41, 5.74) is 2.38. The van der Waals surface area contributed by atoms with Gasteiger partial charge in [0, 0.05) is 26.7 Å². The number of aliphatic imine (C=N–C) groups is 1. The van der Waals surface area contributed by atoms with Crippen LogP contribution in [0.4, 0.5) is 0 Å². The molecule has 0 aliphatic rings. The molecule has 6 nitrogen and oxygen atoms in total. The van der Waals surface area contributed by atoms with Gasteiger partial charge in [-0.3, -0.25) is 4.99 Å². The van der Waals surface area contributed by atoms with E-state index in [0.717, 1.165) is 11.3 Å². The van der Waals surface area contributed by atoms with Crippen LogP contribution in [0, 0.1) is 6.92 Å². The summed E-state index contributed by atoms with van der Waals surface area (Å²) in [6.45, 7) is 3.35. The maximum absolute atomic E-state index is 12.1. The molecule has 136 valence electrons. The second kappa shape index (κ2) is 9.19. The summed E-state index contributed by atoms with van der Waals surface area (Å²) in [5, 5.41) is 6.28. The predicted molar refractivity (Wildman–Crippen MR) is 104 cm³/mol. The molecule has 1 aromatic heterocycles. The molecule has 9 heteroatoms. The van der Waals surface area contributed by atoms with Crippen molar-refractivity contribution in [1.29, 1.82) is 0 Å². The van der Waals surface area contributed by atoms with Gasteiger partial charge in [0.15, 0.2) is 5.96 Å². The van der Waals surface area contributed by atoms with E-state index in [9.17, 15) is 8.42 Å². The Bertz CT molecular complexity index is 834. The zero-order valence-corrected chi connectivity index (χ0v) is 16.4. The summed E-state index contributed by atoms with van der Waals surface area (Å²) >= 11 is 6.80. The van der Waals surface area contributed by atoms with Gasteiger partial charge in [0.05, 0.1) is 4.34 Å². The van der Waals surface area contributed by atoms with Crippen molar-refractivity contribution in [2.24, 2.45) is 4.99 Å². The molecule has 0 radical (unpaired) electrons. The smallest absolute Gasteiger partial charge is 0.250 e. The van der Waals surface area contributed by atoms with Gasteiger partial charge >= 0.3 is 0 Å². The largest absolute Gasteiger partial charge is 0.355 e. The number of aryl methyl sites for hydroxylation is 1. The van der Waals surface area contributed by atoms with Crippen LogP contribution in [0.2, 0.25) is 4.34 Å². The fourth-order valence-corrected chi connectivity index (χ4v) is 4.65. The Balaban J connectivity index is 1.77. The third-order valence-corrected chi connectivity index (χ3v) is 6.64. The van der Waals surface area contributed by atoms with Crippen molar-refractivity contribution in [3.63, 3.8) is 0 Å². The minimum Gasteiger partial charge on any atom is -0.355 e. The minimum atomic E-state index is -3.52. The zero-order chi connectivity index (χ0) is 18.3. The fraction of sp³-hybridized carbons (Fsp3) is 0.312. The number of rotatable bonds is 7. The average Bonchev–Trinajstić information content (AvgIpc) is 3.03. The molecule has 0 spiro atoms. The topological polar surface area (TPSA) is 82.6 Å². The number of guanidine groups is 1. The second-order valence-electron chi connectivity index (χ2n) is 5.24. The molecule has 0 unspecified atom stereocenters. The van der Waals surface area contributed by atoms with E-state index >= 15 is 0 Å². The van der Waals surface area contributed by atoms with Crippen molar-refractivity contribution in [1.82, 2.24) is 15.4 Å². The van der Waals surface area contributed by atoms with E-state index in [1.54, 1.807) is 13.1 Å². The quantitative estimate of drug-likeness (QED) is 0.378. The fourth-order valence-electron chi connectivity index (χ4n) is 2.09. The van der Waals surface area contributed by atoms with Gasteiger partial charge in [0.25, 0.3) is 0 Å². The van der Waals surface area contributed by atoms with Crippen LogP contribution >= 0.6 is 22.9 Å². The normalized spacial score (nSPS) is 12.2. The Morgan fingerprint density at radius 3 is 2.56 bits per heavy atom. The highest BCUT2D eigenvalue weighted by Crippen LogP contribution is 2.25. The lowest BCUT2D eigenvalue weighted by Crippen LogP contribution is -2.41. The van der Waals surface area contributed by atoms with Gasteiger partial charge < -0.3 is 10.6 Å². The summed E-state index contributed by atoms with van der Waals surface area (Å²) in [5.74, 6) is 0.613. The van der Waals surface area contributed by atoms with Crippen molar-refractivity contribution in [3.8, 4) is 0 Å². The van der Waals surface area contributed by atoms with Gasteiger partial charge in [-0.2, -0.15) is 0 Å². The minimum absolute atomic E-state index is 0.208. The molecule has 3 N–H and O–H groups in total. The number of halogens is 1. The highest BCUT2D eigenvalue weighted by atomic mass is 35.5. The number of sulfonamides is 1. The molecule has 0 bridgehead atoms. The van der Waals surface area contributed by atoms with Crippen LogP contribution < -0.4 is 15.4 Å². The lowest BCUT2D eigenvalue weighted by atomic mass is 10.1. The molecule has 1 aromatic carbocycles. The van der Waals surface area contributed by atoms with Gasteiger partial charge in [0.1, 0.15) is 4.21 Å². The molecular formula is C16H21ClN4O2S2. The lowest BCUT2D eigenvalue weighted by Gasteiger charge is -2.13. The molecule has 25 heavy (non-hydrogen) atoms. The van der Waals surface area contributed by atoms with E-state index in [0.29, 0.717) is 23.4 Å². The van der Waals surface area contributed by atoms with Crippen LogP contribution in [-0.4, -0.2) is 34.5 Å². The van der Waals surface area contributed by atoms with E-state index in [1.807, 2.05) is 12.1 Å². The number of benzene rings is 1. The van der Waals surface area contributed by atoms with Gasteiger partial charge in [-0.05, 0) is 30.2 Å². The first-order valence-corrected chi connectivity index (χ1v) is 10.3. The van der Waals surface area contributed by atoms with Gasteiger partial charge in [-0.1, -0.05) is 35.9 Å². The molecule has 0 aliphatic carbocycles. The van der Waals surface area contributed by atoms with Crippen molar-refractivity contribution in [2.75, 3.05) is 20.1 Å². The van der Waals surface area contributed by atoms with Crippen molar-refractivity contribution in [3.05, 3.63) is 51.9 Å². The first kappa shape index (κ1) is 19.7. The first-order valence-electron chi connectivity index (χ1n) is 7.66. The summed E-state index contributed by atoms with van der Waals surface area (Å²) in [6, 6.07) is 11.2. The summed E-state index contributed by atoms with van der Waals surface area (Å²) in [6.07, 6.45) is 0. The van der Waals surface area contributed by atoms with Crippen LogP contribution in [0.25, 0.3) is 0 Å². The Hall–Kier alpha value is -1.61. The SMILES string of the molecule is CN=C(NCCNS(=O)(=O)c1ccc(Cl)s1)NCc1ccccc1C. The molecular weight excluding hydrogens is 380 g/mol. The highest BCUT2D eigenvalue weighted by Gasteiger charge is 2.15. The van der Waals surface area contributed by atoms with E-state index in [1.165, 1.54) is 17.2 Å². The standard InChI is InChI=1S/C16H21ClN4O2S2/c1-12-5-3-4-6-13(12)11-20-16(18-2)19-9-10-21-25(22,23)15-8-7-14(17)24-15/h3-8,21H,9-11H2,1-2H3,(H2,18,19,20). The Morgan fingerprint density at radius 2 is 1.92 bits per heavy atom. The molecule has 0 atom stereocenters. The zero-order valence-electron chi connectivity index (χ0n) is 14.0. The summed E-state index contributed by atoms with van der Waals surface area (Å²) < 4.78 is 27.3. The van der Waals surface area contributed by atoms with E-state index < -0.39 is 10.0 Å². The number of nitrogens with zero attached hydrogens (tertiary/aromatic N) is 1. The number of nitrogens with one attached hydrogen (secondary N) is 3. The van der Waals surface area contributed by atoms with Crippen molar-refractivity contribution >= 4 is 38.9 Å². The molecule has 2 aromatic rings. The van der Waals surface area contributed by atoms with Crippen LogP contribution in [-0.2, 0) is 16.6 Å². The van der Waals surface area contributed by atoms with Gasteiger partial charge in [-0.25, -0.2) is 13.1 Å². The maximum atomic E-state index is 12.1. The number of hydrogen-bond donors (Lipinski definition) is 3. The highest BCUT2D eigenvalue weighted by molar-refractivity contribution is 7.91. The molecule has 0 saturated heterocycles. The lowest BCUT2D eigenvalue weighted by molar-refractivity contribution is 0.582. The van der Waals surface area contributed by atoms with E-state index in [2.05, 4.69) is 39.4 Å². The van der Waals surface area contributed by atoms with E-state index in [4.69, 9.17) is 11.6 Å². The molecule has 0 amide bonds. The van der Waals surface area contributed by atoms with Crippen molar-refractivity contribution < 1.29 is 8.42 Å². The van der Waals surface area contributed by atoms with Crippen LogP contribution in [0.1, 0.15) is 11.1 Å². The van der Waals surface area contributed by atoms with E-state index in [-0.39, 0.29) is 10.8 Å².